The lowest BCUT2D eigenvalue weighted by atomic mass is 10.0. The predicted molar refractivity (Wildman–Crippen MR) is 95.0 cm³/mol. The third-order valence-corrected chi connectivity index (χ3v) is 8.43. The number of nitrogens with zero attached hydrogens (tertiary/aromatic N) is 2. The van der Waals surface area contributed by atoms with Crippen LogP contribution in [-0.4, -0.2) is 26.2 Å². The molecule has 2 fully saturated rings. The first-order chi connectivity index (χ1) is 10.1. The van der Waals surface area contributed by atoms with Crippen LogP contribution in [-0.2, 0) is 0 Å². The Balaban J connectivity index is 1.84. The van der Waals surface area contributed by atoms with E-state index in [9.17, 15) is 0 Å². The molecule has 21 heavy (non-hydrogen) atoms. The van der Waals surface area contributed by atoms with Crippen LogP contribution in [0.15, 0.2) is 0 Å². The smallest absolute Gasteiger partial charge is 0.145 e. The molecule has 1 aliphatic carbocycles. The Hall–Kier alpha value is 0.360. The summed E-state index contributed by atoms with van der Waals surface area (Å²) in [5.74, 6) is 2.29. The van der Waals surface area contributed by atoms with Crippen molar-refractivity contribution in [3.8, 4) is 0 Å². The molecule has 0 aromatic carbocycles. The minimum absolute atomic E-state index is 0.300. The molecular weight excluding hydrogens is 343 g/mol. The Kier molecular flexibility index (Phi) is 5.30. The van der Waals surface area contributed by atoms with Gasteiger partial charge in [0, 0.05) is 21.8 Å². The molecule has 0 N–H and O–H groups in total. The third-order valence-electron chi connectivity index (χ3n) is 4.47. The van der Waals surface area contributed by atoms with E-state index in [1.54, 1.807) is 0 Å². The van der Waals surface area contributed by atoms with E-state index in [0.29, 0.717) is 32.0 Å². The Labute approximate surface area is 145 Å². The van der Waals surface area contributed by atoms with Crippen molar-refractivity contribution in [2.45, 2.75) is 61.2 Å². The third kappa shape index (κ3) is 3.49. The lowest BCUT2D eigenvalue weighted by Crippen LogP contribution is -2.23. The zero-order chi connectivity index (χ0) is 15.0. The van der Waals surface area contributed by atoms with Crippen LogP contribution < -0.4 is 0 Å². The van der Waals surface area contributed by atoms with E-state index in [4.69, 9.17) is 23.2 Å². The van der Waals surface area contributed by atoms with Gasteiger partial charge in [-0.2, -0.15) is 11.8 Å². The van der Waals surface area contributed by atoms with Crippen molar-refractivity contribution in [2.24, 2.45) is 0 Å². The second-order valence-corrected chi connectivity index (χ2v) is 9.64. The highest BCUT2D eigenvalue weighted by atomic mass is 35.5. The Morgan fingerprint density at radius 1 is 1.00 bits per heavy atom. The molecule has 1 saturated carbocycles. The first-order valence-corrected chi connectivity index (χ1v) is 10.3. The molecule has 1 saturated heterocycles. The van der Waals surface area contributed by atoms with Crippen molar-refractivity contribution < 1.29 is 0 Å². The molecule has 0 amide bonds. The molecular formula is C15H20Cl2N2S2. The molecule has 0 spiro atoms. The number of hydrogen-bond donors (Lipinski definition) is 0. The van der Waals surface area contributed by atoms with Gasteiger partial charge in [0.1, 0.15) is 16.1 Å². The molecule has 0 radical (unpaired) electrons. The summed E-state index contributed by atoms with van der Waals surface area (Å²) in [4.78, 5) is 9.19. The predicted octanol–water partition coefficient (Wildman–Crippen LogP) is 5.74. The first kappa shape index (κ1) is 16.2. The van der Waals surface area contributed by atoms with Crippen LogP contribution in [0, 0.1) is 0 Å². The SMILES string of the molecule is CC1SCC(c2nc(Cl)c(C3CCCC3)c(Cl)n2)SC1C. The van der Waals surface area contributed by atoms with E-state index >= 15 is 0 Å². The summed E-state index contributed by atoms with van der Waals surface area (Å²) >= 11 is 16.8. The minimum Gasteiger partial charge on any atom is -0.220 e. The molecule has 3 unspecified atom stereocenters. The first-order valence-electron chi connectivity index (χ1n) is 7.56. The Morgan fingerprint density at radius 3 is 2.19 bits per heavy atom. The minimum atomic E-state index is 0.300. The maximum Gasteiger partial charge on any atom is 0.145 e. The van der Waals surface area contributed by atoms with Gasteiger partial charge in [-0.3, -0.25) is 0 Å². The molecule has 0 bridgehead atoms. The van der Waals surface area contributed by atoms with Gasteiger partial charge in [-0.15, -0.1) is 11.8 Å². The van der Waals surface area contributed by atoms with Crippen molar-refractivity contribution >= 4 is 46.7 Å². The molecule has 6 heteroatoms. The van der Waals surface area contributed by atoms with Crippen molar-refractivity contribution in [3.05, 3.63) is 21.7 Å². The van der Waals surface area contributed by atoms with Gasteiger partial charge in [-0.05, 0) is 18.8 Å². The van der Waals surface area contributed by atoms with E-state index in [0.717, 1.165) is 30.0 Å². The Bertz CT molecular complexity index is 497. The molecule has 2 heterocycles. The molecule has 1 aliphatic heterocycles. The standard InChI is InChI=1S/C15H20Cl2N2S2/c1-8-9(2)21-11(7-20-8)15-18-13(16)12(14(17)19-15)10-5-3-4-6-10/h8-11H,3-7H2,1-2H3. The van der Waals surface area contributed by atoms with Gasteiger partial charge in [-0.25, -0.2) is 9.97 Å². The van der Waals surface area contributed by atoms with E-state index in [-0.39, 0.29) is 0 Å². The average molecular weight is 363 g/mol. The van der Waals surface area contributed by atoms with Crippen LogP contribution in [0.5, 0.6) is 0 Å². The maximum absolute atomic E-state index is 6.45. The second kappa shape index (κ2) is 6.86. The summed E-state index contributed by atoms with van der Waals surface area (Å²) in [6.45, 7) is 4.55. The van der Waals surface area contributed by atoms with Crippen LogP contribution in [0.1, 0.15) is 62.1 Å². The maximum atomic E-state index is 6.45. The number of rotatable bonds is 2. The second-order valence-electron chi connectivity index (χ2n) is 5.93. The van der Waals surface area contributed by atoms with Crippen LogP contribution in [0.25, 0.3) is 0 Å². The lowest BCUT2D eigenvalue weighted by Gasteiger charge is -2.30. The monoisotopic (exact) mass is 362 g/mol. The van der Waals surface area contributed by atoms with Gasteiger partial charge in [0.2, 0.25) is 0 Å². The van der Waals surface area contributed by atoms with Crippen molar-refractivity contribution in [3.63, 3.8) is 0 Å². The zero-order valence-corrected chi connectivity index (χ0v) is 15.5. The van der Waals surface area contributed by atoms with Gasteiger partial charge in [0.05, 0.1) is 5.25 Å². The van der Waals surface area contributed by atoms with E-state index in [1.165, 1.54) is 12.8 Å². The highest BCUT2D eigenvalue weighted by Gasteiger charge is 2.31. The molecule has 2 nitrogen and oxygen atoms in total. The van der Waals surface area contributed by atoms with Gasteiger partial charge in [-0.1, -0.05) is 49.9 Å². The Morgan fingerprint density at radius 2 is 1.62 bits per heavy atom. The fourth-order valence-corrected chi connectivity index (χ4v) is 6.60. The van der Waals surface area contributed by atoms with Crippen molar-refractivity contribution in [2.75, 3.05) is 5.75 Å². The summed E-state index contributed by atoms with van der Waals surface area (Å²) in [5, 5.41) is 2.73. The summed E-state index contributed by atoms with van der Waals surface area (Å²) in [6, 6.07) is 0. The van der Waals surface area contributed by atoms with Gasteiger partial charge in [0.15, 0.2) is 0 Å². The topological polar surface area (TPSA) is 25.8 Å². The van der Waals surface area contributed by atoms with Crippen LogP contribution in [0.3, 0.4) is 0 Å². The highest BCUT2D eigenvalue weighted by Crippen LogP contribution is 2.45. The van der Waals surface area contributed by atoms with E-state index in [1.807, 2.05) is 23.5 Å². The highest BCUT2D eigenvalue weighted by molar-refractivity contribution is 8.07. The van der Waals surface area contributed by atoms with Gasteiger partial charge >= 0.3 is 0 Å². The molecule has 116 valence electrons. The molecule has 3 rings (SSSR count). The quantitative estimate of drug-likeness (QED) is 0.626. The molecule has 1 aromatic heterocycles. The van der Waals surface area contributed by atoms with E-state index in [2.05, 4.69) is 23.8 Å². The summed E-state index contributed by atoms with van der Waals surface area (Å²) < 4.78 is 0. The van der Waals surface area contributed by atoms with Gasteiger partial charge < -0.3 is 0 Å². The lowest BCUT2D eigenvalue weighted by molar-refractivity contribution is 0.709. The number of hydrogen-bond acceptors (Lipinski definition) is 4. The fourth-order valence-electron chi connectivity index (χ4n) is 3.05. The largest absolute Gasteiger partial charge is 0.220 e. The number of halogens is 2. The zero-order valence-electron chi connectivity index (χ0n) is 12.3. The molecule has 1 aromatic rings. The van der Waals surface area contributed by atoms with Crippen LogP contribution in [0.4, 0.5) is 0 Å². The molecule has 2 aliphatic rings. The fraction of sp³-hybridized carbons (Fsp3) is 0.733. The van der Waals surface area contributed by atoms with Crippen LogP contribution in [0.2, 0.25) is 10.3 Å². The number of thioether (sulfide) groups is 2. The number of aromatic nitrogens is 2. The normalized spacial score (nSPS) is 30.8. The van der Waals surface area contributed by atoms with Crippen molar-refractivity contribution in [1.82, 2.24) is 9.97 Å². The van der Waals surface area contributed by atoms with Crippen LogP contribution >= 0.6 is 46.7 Å². The average Bonchev–Trinajstić information content (AvgIpc) is 2.95. The summed E-state index contributed by atoms with van der Waals surface area (Å²) in [7, 11) is 0. The molecule has 3 atom stereocenters. The van der Waals surface area contributed by atoms with Gasteiger partial charge in [0.25, 0.3) is 0 Å². The van der Waals surface area contributed by atoms with E-state index < -0.39 is 0 Å². The summed E-state index contributed by atoms with van der Waals surface area (Å²) in [6.07, 6.45) is 4.82. The van der Waals surface area contributed by atoms with Crippen molar-refractivity contribution in [1.29, 1.82) is 0 Å². The summed E-state index contributed by atoms with van der Waals surface area (Å²) in [5.41, 5.74) is 0.981.